The van der Waals surface area contributed by atoms with Crippen molar-refractivity contribution in [2.24, 2.45) is 5.92 Å². The van der Waals surface area contributed by atoms with E-state index in [1.54, 1.807) is 16.7 Å². The second-order valence-corrected chi connectivity index (χ2v) is 11.5. The van der Waals surface area contributed by atoms with Crippen LogP contribution in [0.4, 0.5) is 5.95 Å². The van der Waals surface area contributed by atoms with E-state index >= 15 is 0 Å². The molecule has 0 radical (unpaired) electrons. The standard InChI is InChI=1S/C16H25Cl2N5OS3/c1-7-19-13-20-14(25-6)22-15(21-13)26-12-16(4,5)27-11(8(2)3)23(12)10(24)9(17)18/h8-9,11-12H,7H2,1-6H3,(H,19,20,21,22). The first kappa shape index (κ1) is 23.2. The van der Waals surface area contributed by atoms with E-state index in [1.165, 1.54) is 23.5 Å². The summed E-state index contributed by atoms with van der Waals surface area (Å²) in [7, 11) is 0. The second-order valence-electron chi connectivity index (χ2n) is 6.83. The van der Waals surface area contributed by atoms with Gasteiger partial charge in [0.2, 0.25) is 5.95 Å². The van der Waals surface area contributed by atoms with Gasteiger partial charge in [-0.25, -0.2) is 0 Å². The van der Waals surface area contributed by atoms with E-state index in [0.717, 1.165) is 0 Å². The zero-order valence-electron chi connectivity index (χ0n) is 16.2. The number of nitrogens with one attached hydrogen (secondary N) is 1. The minimum atomic E-state index is -1.10. The van der Waals surface area contributed by atoms with Crippen LogP contribution in [0.15, 0.2) is 10.3 Å². The molecular weight excluding hydrogens is 445 g/mol. The fraction of sp³-hybridized carbons (Fsp3) is 0.750. The Kier molecular flexibility index (Phi) is 8.25. The molecule has 0 aromatic carbocycles. The first-order valence-electron chi connectivity index (χ1n) is 8.59. The number of alkyl halides is 2. The molecule has 152 valence electrons. The van der Waals surface area contributed by atoms with Gasteiger partial charge in [0.05, 0.1) is 5.37 Å². The SMILES string of the molecule is CCNc1nc(SC)nc(SC2N(C(=O)C(Cl)Cl)C(C(C)C)SC2(C)C)n1. The molecule has 6 nitrogen and oxygen atoms in total. The quantitative estimate of drug-likeness (QED) is 0.459. The summed E-state index contributed by atoms with van der Waals surface area (Å²) in [5.41, 5.74) is 0. The lowest BCUT2D eigenvalue weighted by molar-refractivity contribution is -0.131. The fourth-order valence-electron chi connectivity index (χ4n) is 2.72. The highest BCUT2D eigenvalue weighted by Crippen LogP contribution is 2.52. The molecule has 0 bridgehead atoms. The molecule has 1 N–H and O–H groups in total. The van der Waals surface area contributed by atoms with Gasteiger partial charge in [0.15, 0.2) is 15.1 Å². The molecule has 2 heterocycles. The number of hydrogen-bond acceptors (Lipinski definition) is 8. The maximum atomic E-state index is 12.8. The molecule has 1 aliphatic heterocycles. The molecular formula is C16H25Cl2N5OS3. The van der Waals surface area contributed by atoms with E-state index in [2.05, 4.69) is 48.0 Å². The molecule has 2 rings (SSSR count). The van der Waals surface area contributed by atoms with Gasteiger partial charge in [0.1, 0.15) is 5.37 Å². The van der Waals surface area contributed by atoms with Gasteiger partial charge in [0.25, 0.3) is 5.91 Å². The summed E-state index contributed by atoms with van der Waals surface area (Å²) in [4.78, 5) is 26.9. The summed E-state index contributed by atoms with van der Waals surface area (Å²) in [5, 5.41) is 4.13. The fourth-order valence-corrected chi connectivity index (χ4v) is 6.32. The number of amides is 1. The predicted molar refractivity (Wildman–Crippen MR) is 118 cm³/mol. The van der Waals surface area contributed by atoms with Crippen LogP contribution >= 0.6 is 58.5 Å². The smallest absolute Gasteiger partial charge is 0.257 e. The highest BCUT2D eigenvalue weighted by molar-refractivity contribution is 8.05. The molecule has 1 fully saturated rings. The van der Waals surface area contributed by atoms with Gasteiger partial charge < -0.3 is 10.2 Å². The van der Waals surface area contributed by atoms with Crippen molar-refractivity contribution in [2.45, 2.75) is 65.3 Å². The second kappa shape index (κ2) is 9.61. The van der Waals surface area contributed by atoms with Crippen LogP contribution in [-0.2, 0) is 4.79 Å². The van der Waals surface area contributed by atoms with Gasteiger partial charge in [-0.1, -0.05) is 60.6 Å². The normalized spacial score (nSPS) is 21.9. The van der Waals surface area contributed by atoms with Gasteiger partial charge >= 0.3 is 0 Å². The van der Waals surface area contributed by atoms with Crippen LogP contribution in [0.1, 0.15) is 34.6 Å². The number of thioether (sulfide) groups is 3. The predicted octanol–water partition coefficient (Wildman–Crippen LogP) is 4.58. The molecule has 2 atom stereocenters. The number of nitrogens with zero attached hydrogens (tertiary/aromatic N) is 4. The van der Waals surface area contributed by atoms with Crippen molar-refractivity contribution in [3.8, 4) is 0 Å². The molecule has 1 amide bonds. The summed E-state index contributed by atoms with van der Waals surface area (Å²) in [6.45, 7) is 11.1. The molecule has 0 spiro atoms. The number of carbonyl (C=O) groups is 1. The molecule has 1 saturated heterocycles. The Balaban J connectivity index is 2.41. The Hall–Kier alpha value is -0.0900. The van der Waals surface area contributed by atoms with Gasteiger partial charge in [-0.05, 0) is 32.9 Å². The third kappa shape index (κ3) is 5.50. The van der Waals surface area contributed by atoms with E-state index in [9.17, 15) is 4.79 Å². The largest absolute Gasteiger partial charge is 0.354 e. The van der Waals surface area contributed by atoms with Gasteiger partial charge in [-0.3, -0.25) is 4.79 Å². The highest BCUT2D eigenvalue weighted by Gasteiger charge is 2.52. The minimum absolute atomic E-state index is 0.0138. The van der Waals surface area contributed by atoms with E-state index in [4.69, 9.17) is 23.2 Å². The zero-order valence-corrected chi connectivity index (χ0v) is 20.2. The van der Waals surface area contributed by atoms with Gasteiger partial charge in [0, 0.05) is 11.3 Å². The van der Waals surface area contributed by atoms with Crippen LogP contribution in [0.5, 0.6) is 0 Å². The van der Waals surface area contributed by atoms with Crippen LogP contribution in [0.2, 0.25) is 0 Å². The number of carbonyl (C=O) groups excluding carboxylic acids is 1. The van der Waals surface area contributed by atoms with Crippen molar-refractivity contribution in [1.82, 2.24) is 19.9 Å². The van der Waals surface area contributed by atoms with Crippen LogP contribution in [0, 0.1) is 5.92 Å². The number of aromatic nitrogens is 3. The van der Waals surface area contributed by atoms with Gasteiger partial charge in [-0.15, -0.1) is 11.8 Å². The van der Waals surface area contributed by atoms with Gasteiger partial charge in [-0.2, -0.15) is 15.0 Å². The average molecular weight is 471 g/mol. The van der Waals surface area contributed by atoms with Crippen molar-refractivity contribution in [3.05, 3.63) is 0 Å². The first-order chi connectivity index (χ1) is 12.6. The maximum Gasteiger partial charge on any atom is 0.257 e. The number of halogens is 2. The van der Waals surface area contributed by atoms with Crippen LogP contribution in [0.3, 0.4) is 0 Å². The Labute approximate surface area is 183 Å². The average Bonchev–Trinajstić information content (AvgIpc) is 2.85. The Morgan fingerprint density at radius 2 is 1.93 bits per heavy atom. The van der Waals surface area contributed by atoms with Crippen molar-refractivity contribution in [1.29, 1.82) is 0 Å². The Morgan fingerprint density at radius 3 is 2.44 bits per heavy atom. The van der Waals surface area contributed by atoms with E-state index in [0.29, 0.717) is 22.8 Å². The molecule has 1 aromatic heterocycles. The molecule has 0 saturated carbocycles. The Bertz CT molecular complexity index is 677. The molecule has 27 heavy (non-hydrogen) atoms. The maximum absolute atomic E-state index is 12.8. The third-order valence-corrected chi connectivity index (χ3v) is 8.23. The zero-order chi connectivity index (χ0) is 20.4. The Morgan fingerprint density at radius 1 is 1.30 bits per heavy atom. The van der Waals surface area contributed by atoms with Crippen molar-refractivity contribution >= 4 is 70.3 Å². The first-order valence-corrected chi connectivity index (χ1v) is 12.4. The monoisotopic (exact) mass is 469 g/mol. The summed E-state index contributed by atoms with van der Waals surface area (Å²) in [6.07, 6.45) is 1.92. The van der Waals surface area contributed by atoms with Crippen molar-refractivity contribution in [3.63, 3.8) is 0 Å². The van der Waals surface area contributed by atoms with E-state index in [-0.39, 0.29) is 27.3 Å². The summed E-state index contributed by atoms with van der Waals surface area (Å²) < 4.78 is -0.220. The summed E-state index contributed by atoms with van der Waals surface area (Å²) >= 11 is 16.6. The summed E-state index contributed by atoms with van der Waals surface area (Å²) in [5.74, 6) is 0.515. The van der Waals surface area contributed by atoms with Crippen molar-refractivity contribution < 1.29 is 4.79 Å². The van der Waals surface area contributed by atoms with E-state index in [1.807, 2.05) is 13.2 Å². The number of anilines is 1. The minimum Gasteiger partial charge on any atom is -0.354 e. The van der Waals surface area contributed by atoms with Crippen molar-refractivity contribution in [2.75, 3.05) is 18.1 Å². The number of rotatable bonds is 7. The highest BCUT2D eigenvalue weighted by atomic mass is 35.5. The molecule has 11 heteroatoms. The molecule has 2 unspecified atom stereocenters. The van der Waals surface area contributed by atoms with Crippen LogP contribution in [0.25, 0.3) is 0 Å². The lowest BCUT2D eigenvalue weighted by Crippen LogP contribution is -2.47. The number of hydrogen-bond donors (Lipinski definition) is 1. The molecule has 1 aromatic rings. The third-order valence-electron chi connectivity index (χ3n) is 3.89. The molecule has 1 aliphatic rings. The lowest BCUT2D eigenvalue weighted by atomic mass is 10.1. The van der Waals surface area contributed by atoms with Crippen LogP contribution in [-0.4, -0.2) is 58.9 Å². The van der Waals surface area contributed by atoms with Crippen LogP contribution < -0.4 is 5.32 Å². The molecule has 0 aliphatic carbocycles. The van der Waals surface area contributed by atoms with E-state index < -0.39 is 4.84 Å². The summed E-state index contributed by atoms with van der Waals surface area (Å²) in [6, 6.07) is 0. The lowest BCUT2D eigenvalue weighted by Gasteiger charge is -2.33. The topological polar surface area (TPSA) is 71.0 Å².